The van der Waals surface area contributed by atoms with Crippen molar-refractivity contribution in [1.82, 2.24) is 10.3 Å². The highest BCUT2D eigenvalue weighted by Gasteiger charge is 2.13. The maximum Gasteiger partial charge on any atom is 0.319 e. The number of carbonyl (C=O) groups is 2. The van der Waals surface area contributed by atoms with E-state index in [9.17, 15) is 9.59 Å². The van der Waals surface area contributed by atoms with E-state index >= 15 is 0 Å². The molecule has 2 rings (SSSR count). The molecule has 3 amide bonds. The summed E-state index contributed by atoms with van der Waals surface area (Å²) in [7, 11) is 1.54. The van der Waals surface area contributed by atoms with E-state index in [1.807, 2.05) is 13.8 Å². The van der Waals surface area contributed by atoms with E-state index in [2.05, 4.69) is 20.9 Å². The van der Waals surface area contributed by atoms with Crippen molar-refractivity contribution in [2.24, 2.45) is 5.92 Å². The first kappa shape index (κ1) is 17.0. The molecule has 23 heavy (non-hydrogen) atoms. The zero-order valence-electron chi connectivity index (χ0n) is 13.5. The van der Waals surface area contributed by atoms with Crippen molar-refractivity contribution in [3.05, 3.63) is 12.1 Å². The van der Waals surface area contributed by atoms with Crippen LogP contribution in [0.2, 0.25) is 0 Å². The molecular formula is C15H20N4O3S. The number of hydrogen-bond acceptors (Lipinski definition) is 5. The lowest BCUT2D eigenvalue weighted by Crippen LogP contribution is -2.31. The second-order valence-electron chi connectivity index (χ2n) is 5.45. The van der Waals surface area contributed by atoms with Crippen LogP contribution in [0.15, 0.2) is 12.1 Å². The normalized spacial score (nSPS) is 10.7. The number of hydrogen-bond donors (Lipinski definition) is 3. The van der Waals surface area contributed by atoms with Gasteiger partial charge in [0.05, 0.1) is 11.8 Å². The number of anilines is 2. The SMILES string of the molecule is COc1cc(NC(=O)NCC(C)C)cc2sc(NC(C)=O)nc12. The Hall–Kier alpha value is -2.35. The molecule has 7 nitrogen and oxygen atoms in total. The number of aromatic nitrogens is 1. The summed E-state index contributed by atoms with van der Waals surface area (Å²) in [5.74, 6) is 0.725. The second-order valence-corrected chi connectivity index (χ2v) is 6.48. The number of carbonyl (C=O) groups excluding carboxylic acids is 2. The van der Waals surface area contributed by atoms with Crippen LogP contribution in [0.4, 0.5) is 15.6 Å². The summed E-state index contributed by atoms with van der Waals surface area (Å²) in [6.07, 6.45) is 0. The van der Waals surface area contributed by atoms with E-state index < -0.39 is 0 Å². The Morgan fingerprint density at radius 3 is 2.65 bits per heavy atom. The van der Waals surface area contributed by atoms with Crippen LogP contribution in [0, 0.1) is 5.92 Å². The van der Waals surface area contributed by atoms with E-state index in [0.29, 0.717) is 34.5 Å². The molecule has 0 fully saturated rings. The number of thiazole rings is 1. The molecule has 124 valence electrons. The third kappa shape index (κ3) is 4.56. The van der Waals surface area contributed by atoms with E-state index in [1.54, 1.807) is 12.1 Å². The number of urea groups is 1. The second kappa shape index (κ2) is 7.28. The van der Waals surface area contributed by atoms with Gasteiger partial charge < -0.3 is 20.7 Å². The van der Waals surface area contributed by atoms with E-state index in [0.717, 1.165) is 4.70 Å². The molecule has 1 heterocycles. The van der Waals surface area contributed by atoms with Gasteiger partial charge >= 0.3 is 6.03 Å². The lowest BCUT2D eigenvalue weighted by atomic mass is 10.2. The largest absolute Gasteiger partial charge is 0.494 e. The standard InChI is InChI=1S/C15H20N4O3S/c1-8(2)7-16-14(21)18-10-5-11(22-4)13-12(6-10)23-15(19-13)17-9(3)20/h5-6,8H,7H2,1-4H3,(H2,16,18,21)(H,17,19,20). The van der Waals surface area contributed by atoms with E-state index in [4.69, 9.17) is 4.74 Å². The Balaban J connectivity index is 2.24. The fourth-order valence-corrected chi connectivity index (χ4v) is 2.87. The molecule has 2 aromatic rings. The summed E-state index contributed by atoms with van der Waals surface area (Å²) < 4.78 is 6.14. The number of ether oxygens (including phenoxy) is 1. The van der Waals surface area contributed by atoms with Gasteiger partial charge in [0.15, 0.2) is 5.13 Å². The topological polar surface area (TPSA) is 92.4 Å². The van der Waals surface area contributed by atoms with Crippen molar-refractivity contribution in [3.63, 3.8) is 0 Å². The number of nitrogens with one attached hydrogen (secondary N) is 3. The van der Waals surface area contributed by atoms with Crippen molar-refractivity contribution in [3.8, 4) is 5.75 Å². The zero-order chi connectivity index (χ0) is 17.0. The number of rotatable bonds is 5. The van der Waals surface area contributed by atoms with Crippen LogP contribution in [-0.4, -0.2) is 30.6 Å². The first-order valence-corrected chi connectivity index (χ1v) is 8.01. The lowest BCUT2D eigenvalue weighted by Gasteiger charge is -2.10. The monoisotopic (exact) mass is 336 g/mol. The molecule has 0 aliphatic heterocycles. The minimum Gasteiger partial charge on any atom is -0.494 e. The van der Waals surface area contributed by atoms with Crippen molar-refractivity contribution >= 4 is 44.3 Å². The van der Waals surface area contributed by atoms with Crippen molar-refractivity contribution in [2.75, 3.05) is 24.3 Å². The number of fused-ring (bicyclic) bond motifs is 1. The Morgan fingerprint density at radius 2 is 2.04 bits per heavy atom. The third-order valence-corrected chi connectivity index (χ3v) is 3.81. The van der Waals surface area contributed by atoms with Gasteiger partial charge in [-0.05, 0) is 12.0 Å². The highest BCUT2D eigenvalue weighted by molar-refractivity contribution is 7.22. The Bertz CT molecular complexity index is 727. The van der Waals surface area contributed by atoms with Crippen molar-refractivity contribution in [1.29, 1.82) is 0 Å². The Morgan fingerprint density at radius 1 is 1.30 bits per heavy atom. The number of benzene rings is 1. The minimum absolute atomic E-state index is 0.186. The van der Waals surface area contributed by atoms with Crippen LogP contribution in [0.3, 0.4) is 0 Å². The van der Waals surface area contributed by atoms with Gasteiger partial charge in [-0.3, -0.25) is 4.79 Å². The first-order valence-electron chi connectivity index (χ1n) is 7.20. The maximum atomic E-state index is 11.9. The lowest BCUT2D eigenvalue weighted by molar-refractivity contribution is -0.114. The van der Waals surface area contributed by atoms with E-state index in [-0.39, 0.29) is 11.9 Å². The molecule has 0 aliphatic rings. The average Bonchev–Trinajstić information content (AvgIpc) is 2.85. The van der Waals surface area contributed by atoms with Crippen LogP contribution in [-0.2, 0) is 4.79 Å². The molecule has 1 aromatic heterocycles. The smallest absolute Gasteiger partial charge is 0.319 e. The van der Waals surface area contributed by atoms with Crippen LogP contribution >= 0.6 is 11.3 Å². The maximum absolute atomic E-state index is 11.9. The van der Waals surface area contributed by atoms with Gasteiger partial charge in [0, 0.05) is 25.2 Å². The fraction of sp³-hybridized carbons (Fsp3) is 0.400. The Labute approximate surface area is 138 Å². The number of methoxy groups -OCH3 is 1. The highest BCUT2D eigenvalue weighted by Crippen LogP contribution is 2.35. The van der Waals surface area contributed by atoms with Gasteiger partial charge in [-0.1, -0.05) is 25.2 Å². The summed E-state index contributed by atoms with van der Waals surface area (Å²) in [5, 5.41) is 8.71. The fourth-order valence-electron chi connectivity index (χ4n) is 1.90. The van der Waals surface area contributed by atoms with Gasteiger partial charge in [0.2, 0.25) is 5.91 Å². The molecule has 0 unspecified atom stereocenters. The van der Waals surface area contributed by atoms with Crippen LogP contribution in [0.5, 0.6) is 5.75 Å². The number of amides is 3. The van der Waals surface area contributed by atoms with Crippen LogP contribution in [0.1, 0.15) is 20.8 Å². The quantitative estimate of drug-likeness (QED) is 0.782. The molecule has 0 bridgehead atoms. The van der Waals surface area contributed by atoms with Gasteiger partial charge in [-0.15, -0.1) is 0 Å². The van der Waals surface area contributed by atoms with E-state index in [1.165, 1.54) is 25.4 Å². The molecular weight excluding hydrogens is 316 g/mol. The van der Waals surface area contributed by atoms with Crippen LogP contribution in [0.25, 0.3) is 10.2 Å². The van der Waals surface area contributed by atoms with Crippen molar-refractivity contribution in [2.45, 2.75) is 20.8 Å². The van der Waals surface area contributed by atoms with Crippen LogP contribution < -0.4 is 20.7 Å². The summed E-state index contributed by atoms with van der Waals surface area (Å²) >= 11 is 1.32. The molecule has 0 saturated heterocycles. The van der Waals surface area contributed by atoms with Gasteiger partial charge in [0.25, 0.3) is 0 Å². The first-order chi connectivity index (χ1) is 10.9. The summed E-state index contributed by atoms with van der Waals surface area (Å²) in [5.41, 5.74) is 1.25. The molecule has 8 heteroatoms. The van der Waals surface area contributed by atoms with Gasteiger partial charge in [-0.25, -0.2) is 9.78 Å². The molecule has 0 saturated carbocycles. The van der Waals surface area contributed by atoms with Gasteiger partial charge in [0.1, 0.15) is 11.3 Å². The molecule has 3 N–H and O–H groups in total. The predicted octanol–water partition coefficient (Wildman–Crippen LogP) is 3.04. The summed E-state index contributed by atoms with van der Waals surface area (Å²) in [6.45, 7) is 6.07. The third-order valence-electron chi connectivity index (χ3n) is 2.89. The summed E-state index contributed by atoms with van der Waals surface area (Å²) in [6, 6.07) is 3.23. The Kier molecular flexibility index (Phi) is 5.38. The molecule has 0 atom stereocenters. The summed E-state index contributed by atoms with van der Waals surface area (Å²) in [4.78, 5) is 27.4. The molecule has 1 aromatic carbocycles. The average molecular weight is 336 g/mol. The predicted molar refractivity (Wildman–Crippen MR) is 92.3 cm³/mol. The molecule has 0 aliphatic carbocycles. The molecule has 0 radical (unpaired) electrons. The minimum atomic E-state index is -0.272. The highest BCUT2D eigenvalue weighted by atomic mass is 32.1. The van der Waals surface area contributed by atoms with Crippen molar-refractivity contribution < 1.29 is 14.3 Å². The zero-order valence-corrected chi connectivity index (χ0v) is 14.3. The van der Waals surface area contributed by atoms with Gasteiger partial charge in [-0.2, -0.15) is 0 Å². The molecule has 0 spiro atoms. The number of nitrogens with zero attached hydrogens (tertiary/aromatic N) is 1.